The van der Waals surface area contributed by atoms with Gasteiger partial charge in [-0.2, -0.15) is 0 Å². The van der Waals surface area contributed by atoms with Gasteiger partial charge in [0.2, 0.25) is 5.91 Å². The van der Waals surface area contributed by atoms with Gasteiger partial charge in [-0.1, -0.05) is 6.42 Å². The van der Waals surface area contributed by atoms with Crippen LogP contribution in [0.25, 0.3) is 0 Å². The van der Waals surface area contributed by atoms with E-state index in [1.165, 1.54) is 12.8 Å². The molecule has 2 rings (SSSR count). The highest BCUT2D eigenvalue weighted by Crippen LogP contribution is 2.11. The monoisotopic (exact) mass is 225 g/mol. The summed E-state index contributed by atoms with van der Waals surface area (Å²) >= 11 is 0. The molecule has 2 aliphatic rings. The van der Waals surface area contributed by atoms with Gasteiger partial charge in [0.05, 0.1) is 6.04 Å². The molecule has 0 aromatic rings. The minimum atomic E-state index is 0.0443. The van der Waals surface area contributed by atoms with E-state index in [0.29, 0.717) is 12.1 Å². The van der Waals surface area contributed by atoms with E-state index in [0.717, 1.165) is 32.4 Å². The van der Waals surface area contributed by atoms with E-state index in [1.54, 1.807) is 0 Å². The van der Waals surface area contributed by atoms with Crippen molar-refractivity contribution >= 4 is 5.91 Å². The standard InChI is InChI=1S/C12H23N3O/c1-9-10(6-4-8-13-9)15-12(16)11-5-2-3-7-14-11/h9-11,13-14H,2-8H2,1H3,(H,15,16)/t9?,10?,11-/m0/s1. The number of hydrogen-bond acceptors (Lipinski definition) is 3. The summed E-state index contributed by atoms with van der Waals surface area (Å²) in [7, 11) is 0. The van der Waals surface area contributed by atoms with Crippen molar-refractivity contribution in [2.24, 2.45) is 0 Å². The van der Waals surface area contributed by atoms with E-state index in [1.807, 2.05) is 0 Å². The molecule has 4 heteroatoms. The van der Waals surface area contributed by atoms with Gasteiger partial charge in [-0.15, -0.1) is 0 Å². The minimum Gasteiger partial charge on any atom is -0.350 e. The lowest BCUT2D eigenvalue weighted by Gasteiger charge is -2.32. The van der Waals surface area contributed by atoms with Crippen LogP contribution in [0.3, 0.4) is 0 Å². The second-order valence-corrected chi connectivity index (χ2v) is 5.00. The molecular formula is C12H23N3O. The zero-order valence-electron chi connectivity index (χ0n) is 10.1. The third kappa shape index (κ3) is 2.95. The predicted octanol–water partition coefficient (Wildman–Crippen LogP) is 0.385. The molecule has 2 unspecified atom stereocenters. The summed E-state index contributed by atoms with van der Waals surface area (Å²) in [5.41, 5.74) is 0. The lowest BCUT2D eigenvalue weighted by atomic mass is 9.98. The van der Waals surface area contributed by atoms with Crippen molar-refractivity contribution in [1.29, 1.82) is 0 Å². The van der Waals surface area contributed by atoms with Gasteiger partial charge in [0, 0.05) is 12.1 Å². The van der Waals surface area contributed by atoms with Crippen LogP contribution in [0.5, 0.6) is 0 Å². The molecule has 16 heavy (non-hydrogen) atoms. The fourth-order valence-electron chi connectivity index (χ4n) is 2.60. The summed E-state index contributed by atoms with van der Waals surface area (Å²) in [6.45, 7) is 4.21. The molecule has 92 valence electrons. The van der Waals surface area contributed by atoms with Crippen LogP contribution in [0.4, 0.5) is 0 Å². The fourth-order valence-corrected chi connectivity index (χ4v) is 2.60. The molecule has 3 atom stereocenters. The van der Waals surface area contributed by atoms with E-state index in [4.69, 9.17) is 0 Å². The van der Waals surface area contributed by atoms with Gasteiger partial charge in [-0.25, -0.2) is 0 Å². The van der Waals surface area contributed by atoms with E-state index in [9.17, 15) is 4.79 Å². The summed E-state index contributed by atoms with van der Waals surface area (Å²) in [5.74, 6) is 0.195. The molecule has 0 spiro atoms. The normalized spacial score (nSPS) is 35.7. The van der Waals surface area contributed by atoms with Crippen molar-refractivity contribution in [2.45, 2.75) is 57.2 Å². The van der Waals surface area contributed by atoms with E-state index < -0.39 is 0 Å². The smallest absolute Gasteiger partial charge is 0.237 e. The van der Waals surface area contributed by atoms with Crippen LogP contribution in [0.2, 0.25) is 0 Å². The Labute approximate surface area is 97.6 Å². The van der Waals surface area contributed by atoms with Gasteiger partial charge >= 0.3 is 0 Å². The lowest BCUT2D eigenvalue weighted by Crippen LogP contribution is -2.56. The number of carbonyl (C=O) groups excluding carboxylic acids is 1. The molecule has 1 amide bonds. The number of nitrogens with one attached hydrogen (secondary N) is 3. The third-order valence-electron chi connectivity index (χ3n) is 3.72. The second kappa shape index (κ2) is 5.64. The number of hydrogen-bond donors (Lipinski definition) is 3. The van der Waals surface area contributed by atoms with Gasteiger partial charge in [-0.3, -0.25) is 4.79 Å². The van der Waals surface area contributed by atoms with Crippen molar-refractivity contribution in [3.8, 4) is 0 Å². The first-order chi connectivity index (χ1) is 7.77. The van der Waals surface area contributed by atoms with Crippen molar-refractivity contribution in [2.75, 3.05) is 13.1 Å². The molecule has 0 bridgehead atoms. The van der Waals surface area contributed by atoms with Crippen LogP contribution >= 0.6 is 0 Å². The highest BCUT2D eigenvalue weighted by molar-refractivity contribution is 5.82. The largest absolute Gasteiger partial charge is 0.350 e. The summed E-state index contributed by atoms with van der Waals surface area (Å²) < 4.78 is 0. The van der Waals surface area contributed by atoms with Crippen LogP contribution in [-0.2, 0) is 4.79 Å². The average molecular weight is 225 g/mol. The minimum absolute atomic E-state index is 0.0443. The maximum absolute atomic E-state index is 12.0. The summed E-state index contributed by atoms with van der Waals surface area (Å²) in [5, 5.41) is 9.87. The zero-order valence-corrected chi connectivity index (χ0v) is 10.1. The van der Waals surface area contributed by atoms with Gasteiger partial charge in [0.1, 0.15) is 0 Å². The molecule has 0 aromatic carbocycles. The average Bonchev–Trinajstić information content (AvgIpc) is 2.33. The van der Waals surface area contributed by atoms with Gasteiger partial charge < -0.3 is 16.0 Å². The van der Waals surface area contributed by atoms with Crippen molar-refractivity contribution in [3.05, 3.63) is 0 Å². The van der Waals surface area contributed by atoms with Gasteiger partial charge in [-0.05, 0) is 45.7 Å². The van der Waals surface area contributed by atoms with E-state index in [2.05, 4.69) is 22.9 Å². The molecule has 4 nitrogen and oxygen atoms in total. The van der Waals surface area contributed by atoms with E-state index in [-0.39, 0.29) is 11.9 Å². The van der Waals surface area contributed by atoms with Gasteiger partial charge in [0.15, 0.2) is 0 Å². The Balaban J connectivity index is 1.80. The number of piperidine rings is 2. The van der Waals surface area contributed by atoms with Crippen molar-refractivity contribution < 1.29 is 4.79 Å². The van der Waals surface area contributed by atoms with Crippen LogP contribution < -0.4 is 16.0 Å². The molecule has 3 N–H and O–H groups in total. The lowest BCUT2D eigenvalue weighted by molar-refractivity contribution is -0.124. The fraction of sp³-hybridized carbons (Fsp3) is 0.917. The van der Waals surface area contributed by atoms with Crippen LogP contribution in [0.15, 0.2) is 0 Å². The highest BCUT2D eigenvalue weighted by atomic mass is 16.2. The number of amides is 1. The van der Waals surface area contributed by atoms with E-state index >= 15 is 0 Å². The summed E-state index contributed by atoms with van der Waals surface area (Å²) in [4.78, 5) is 12.0. The molecule has 0 aliphatic carbocycles. The number of carbonyl (C=O) groups is 1. The Morgan fingerprint density at radius 3 is 2.62 bits per heavy atom. The second-order valence-electron chi connectivity index (χ2n) is 5.00. The SMILES string of the molecule is CC1NCCCC1NC(=O)[C@@H]1CCCCN1. The predicted molar refractivity (Wildman–Crippen MR) is 64.3 cm³/mol. The molecule has 0 aromatic heterocycles. The van der Waals surface area contributed by atoms with Gasteiger partial charge in [0.25, 0.3) is 0 Å². The number of rotatable bonds is 2. The molecule has 2 aliphatic heterocycles. The maximum Gasteiger partial charge on any atom is 0.237 e. The van der Waals surface area contributed by atoms with Crippen molar-refractivity contribution in [1.82, 2.24) is 16.0 Å². The Bertz CT molecular complexity index is 238. The third-order valence-corrected chi connectivity index (χ3v) is 3.72. The quantitative estimate of drug-likeness (QED) is 0.637. The van der Waals surface area contributed by atoms with Crippen LogP contribution in [0.1, 0.15) is 39.0 Å². The first kappa shape index (κ1) is 11.9. The summed E-state index contributed by atoms with van der Waals surface area (Å²) in [6, 6.07) is 0.758. The molecule has 2 saturated heterocycles. The Hall–Kier alpha value is -0.610. The maximum atomic E-state index is 12.0. The van der Waals surface area contributed by atoms with Crippen LogP contribution in [0, 0.1) is 0 Å². The Morgan fingerprint density at radius 1 is 1.12 bits per heavy atom. The molecule has 0 saturated carbocycles. The molecule has 0 radical (unpaired) electrons. The molecule has 2 fully saturated rings. The first-order valence-corrected chi connectivity index (χ1v) is 6.54. The Kier molecular flexibility index (Phi) is 4.18. The highest BCUT2D eigenvalue weighted by Gasteiger charge is 2.26. The Morgan fingerprint density at radius 2 is 1.94 bits per heavy atom. The zero-order chi connectivity index (χ0) is 11.4. The molecular weight excluding hydrogens is 202 g/mol. The topological polar surface area (TPSA) is 53.2 Å². The summed E-state index contributed by atoms with van der Waals surface area (Å²) in [6.07, 6.45) is 5.62. The van der Waals surface area contributed by atoms with Crippen molar-refractivity contribution in [3.63, 3.8) is 0 Å². The van der Waals surface area contributed by atoms with Crippen LogP contribution in [-0.4, -0.2) is 37.1 Å². The molecule has 2 heterocycles. The first-order valence-electron chi connectivity index (χ1n) is 6.54.